The zero-order valence-corrected chi connectivity index (χ0v) is 15.0. The van der Waals surface area contributed by atoms with Gasteiger partial charge in [0, 0.05) is 12.2 Å². The molecule has 2 aromatic carbocycles. The standard InChI is InChI=1S/C18H20ClFN2OS/c1-2-23-15-8-5-13(6-9-15)4-3-11-21-18(24)22-14-7-10-17(20)16(19)12-14/h5-10,12H,2-4,11H2,1H3,(H2,21,22,24). The van der Waals surface area contributed by atoms with Crippen LogP contribution in [0.3, 0.4) is 0 Å². The number of aryl methyl sites for hydroxylation is 1. The number of hydrogen-bond donors (Lipinski definition) is 2. The average molecular weight is 367 g/mol. The fraction of sp³-hybridized carbons (Fsp3) is 0.278. The molecule has 2 aromatic rings. The SMILES string of the molecule is CCOc1ccc(CCCNC(=S)Nc2ccc(F)c(Cl)c2)cc1. The summed E-state index contributed by atoms with van der Waals surface area (Å²) in [6, 6.07) is 12.5. The van der Waals surface area contributed by atoms with Crippen molar-refractivity contribution in [2.24, 2.45) is 0 Å². The second kappa shape index (κ2) is 9.45. The predicted molar refractivity (Wildman–Crippen MR) is 102 cm³/mol. The molecule has 0 atom stereocenters. The van der Waals surface area contributed by atoms with Gasteiger partial charge in [-0.05, 0) is 67.9 Å². The molecule has 0 amide bonds. The minimum atomic E-state index is -0.448. The van der Waals surface area contributed by atoms with Crippen molar-refractivity contribution in [1.29, 1.82) is 0 Å². The van der Waals surface area contributed by atoms with Crippen LogP contribution in [0.1, 0.15) is 18.9 Å². The molecule has 3 nitrogen and oxygen atoms in total. The molecule has 6 heteroatoms. The van der Waals surface area contributed by atoms with E-state index in [9.17, 15) is 4.39 Å². The molecule has 0 aliphatic rings. The molecule has 0 spiro atoms. The fourth-order valence-corrected chi connectivity index (χ4v) is 2.56. The molecule has 0 unspecified atom stereocenters. The van der Waals surface area contributed by atoms with Crippen LogP contribution in [0.25, 0.3) is 0 Å². The Kier molecular flexibility index (Phi) is 7.28. The summed E-state index contributed by atoms with van der Waals surface area (Å²) >= 11 is 10.9. The van der Waals surface area contributed by atoms with Crippen molar-refractivity contribution in [3.05, 3.63) is 58.9 Å². The number of hydrogen-bond acceptors (Lipinski definition) is 2. The zero-order chi connectivity index (χ0) is 17.4. The third-order valence-electron chi connectivity index (χ3n) is 3.34. The molecule has 0 aromatic heterocycles. The monoisotopic (exact) mass is 366 g/mol. The highest BCUT2D eigenvalue weighted by Crippen LogP contribution is 2.19. The third-order valence-corrected chi connectivity index (χ3v) is 3.88. The normalized spacial score (nSPS) is 10.3. The maximum atomic E-state index is 13.1. The van der Waals surface area contributed by atoms with E-state index in [2.05, 4.69) is 22.8 Å². The number of halogens is 2. The summed E-state index contributed by atoms with van der Waals surface area (Å²) in [6.45, 7) is 3.39. The zero-order valence-electron chi connectivity index (χ0n) is 13.4. The van der Waals surface area contributed by atoms with Crippen LogP contribution in [0, 0.1) is 5.82 Å². The first kappa shape index (κ1) is 18.5. The van der Waals surface area contributed by atoms with Crippen molar-refractivity contribution in [1.82, 2.24) is 5.32 Å². The summed E-state index contributed by atoms with van der Waals surface area (Å²) in [6.07, 6.45) is 1.89. The van der Waals surface area contributed by atoms with E-state index in [0.717, 1.165) is 25.1 Å². The largest absolute Gasteiger partial charge is 0.494 e. The molecule has 2 rings (SSSR count). The molecule has 0 heterocycles. The summed E-state index contributed by atoms with van der Waals surface area (Å²) in [7, 11) is 0. The first-order valence-electron chi connectivity index (χ1n) is 7.80. The Balaban J connectivity index is 1.69. The van der Waals surface area contributed by atoms with E-state index in [1.165, 1.54) is 17.7 Å². The highest BCUT2D eigenvalue weighted by atomic mass is 35.5. The average Bonchev–Trinajstić information content (AvgIpc) is 2.57. The number of benzene rings is 2. The van der Waals surface area contributed by atoms with Gasteiger partial charge in [0.05, 0.1) is 11.6 Å². The minimum absolute atomic E-state index is 0.0679. The number of ether oxygens (including phenoxy) is 1. The Morgan fingerprint density at radius 1 is 1.21 bits per heavy atom. The van der Waals surface area contributed by atoms with Crippen molar-refractivity contribution >= 4 is 34.6 Å². The minimum Gasteiger partial charge on any atom is -0.494 e. The summed E-state index contributed by atoms with van der Waals surface area (Å²) in [4.78, 5) is 0. The molecular weight excluding hydrogens is 347 g/mol. The van der Waals surface area contributed by atoms with Crippen molar-refractivity contribution in [2.75, 3.05) is 18.5 Å². The van der Waals surface area contributed by atoms with Gasteiger partial charge in [-0.15, -0.1) is 0 Å². The molecule has 24 heavy (non-hydrogen) atoms. The van der Waals surface area contributed by atoms with E-state index in [1.54, 1.807) is 6.07 Å². The van der Waals surface area contributed by atoms with Crippen molar-refractivity contribution in [2.45, 2.75) is 19.8 Å². The van der Waals surface area contributed by atoms with Gasteiger partial charge in [0.15, 0.2) is 5.11 Å². The second-order valence-corrected chi connectivity index (χ2v) is 6.01. The Labute approximate surface area is 152 Å². The number of anilines is 1. The van der Waals surface area contributed by atoms with Gasteiger partial charge in [-0.1, -0.05) is 23.7 Å². The van der Waals surface area contributed by atoms with Gasteiger partial charge >= 0.3 is 0 Å². The lowest BCUT2D eigenvalue weighted by Crippen LogP contribution is -2.29. The molecule has 0 bridgehead atoms. The first-order chi connectivity index (χ1) is 11.6. The molecule has 0 saturated heterocycles. The van der Waals surface area contributed by atoms with Gasteiger partial charge in [0.2, 0.25) is 0 Å². The van der Waals surface area contributed by atoms with Crippen molar-refractivity contribution in [3.8, 4) is 5.75 Å². The van der Waals surface area contributed by atoms with Crippen molar-refractivity contribution < 1.29 is 9.13 Å². The Morgan fingerprint density at radius 2 is 1.96 bits per heavy atom. The van der Waals surface area contributed by atoms with Crippen LogP contribution < -0.4 is 15.4 Å². The quantitative estimate of drug-likeness (QED) is 0.545. The van der Waals surface area contributed by atoms with Gasteiger partial charge in [-0.3, -0.25) is 0 Å². The summed E-state index contributed by atoms with van der Waals surface area (Å²) in [5.41, 5.74) is 1.91. The van der Waals surface area contributed by atoms with Gasteiger partial charge in [-0.2, -0.15) is 0 Å². The smallest absolute Gasteiger partial charge is 0.170 e. The third kappa shape index (κ3) is 5.98. The van der Waals surface area contributed by atoms with E-state index >= 15 is 0 Å². The van der Waals surface area contributed by atoms with Gasteiger partial charge < -0.3 is 15.4 Å². The van der Waals surface area contributed by atoms with Crippen LogP contribution in [-0.4, -0.2) is 18.3 Å². The van der Waals surface area contributed by atoms with Crippen LogP contribution in [0.2, 0.25) is 5.02 Å². The highest BCUT2D eigenvalue weighted by molar-refractivity contribution is 7.80. The number of rotatable bonds is 7. The Bertz CT molecular complexity index is 679. The molecule has 0 fully saturated rings. The lowest BCUT2D eigenvalue weighted by Gasteiger charge is -2.11. The fourth-order valence-electron chi connectivity index (χ4n) is 2.16. The van der Waals surface area contributed by atoms with E-state index in [0.29, 0.717) is 17.4 Å². The van der Waals surface area contributed by atoms with E-state index in [4.69, 9.17) is 28.6 Å². The summed E-state index contributed by atoms with van der Waals surface area (Å²) < 4.78 is 18.5. The number of thiocarbonyl (C=S) groups is 1. The van der Waals surface area contributed by atoms with Gasteiger partial charge in [0.25, 0.3) is 0 Å². The van der Waals surface area contributed by atoms with E-state index in [-0.39, 0.29) is 5.02 Å². The molecule has 0 radical (unpaired) electrons. The van der Waals surface area contributed by atoms with Crippen LogP contribution in [0.4, 0.5) is 10.1 Å². The lowest BCUT2D eigenvalue weighted by molar-refractivity contribution is 0.340. The maximum absolute atomic E-state index is 13.1. The van der Waals surface area contributed by atoms with Gasteiger partial charge in [0.1, 0.15) is 11.6 Å². The van der Waals surface area contributed by atoms with E-state index in [1.807, 2.05) is 19.1 Å². The Morgan fingerprint density at radius 3 is 2.62 bits per heavy atom. The topological polar surface area (TPSA) is 33.3 Å². The second-order valence-electron chi connectivity index (χ2n) is 5.19. The van der Waals surface area contributed by atoms with Crippen LogP contribution in [0.15, 0.2) is 42.5 Å². The number of nitrogens with one attached hydrogen (secondary N) is 2. The molecule has 0 saturated carbocycles. The van der Waals surface area contributed by atoms with Crippen LogP contribution >= 0.6 is 23.8 Å². The highest BCUT2D eigenvalue weighted by Gasteiger charge is 2.02. The van der Waals surface area contributed by atoms with Crippen LogP contribution in [-0.2, 0) is 6.42 Å². The van der Waals surface area contributed by atoms with Crippen LogP contribution in [0.5, 0.6) is 5.75 Å². The first-order valence-corrected chi connectivity index (χ1v) is 8.58. The van der Waals surface area contributed by atoms with E-state index < -0.39 is 5.82 Å². The molecular formula is C18H20ClFN2OS. The Hall–Kier alpha value is -1.85. The summed E-state index contributed by atoms with van der Waals surface area (Å²) in [5.74, 6) is 0.444. The lowest BCUT2D eigenvalue weighted by atomic mass is 10.1. The summed E-state index contributed by atoms with van der Waals surface area (Å²) in [5, 5.41) is 6.67. The maximum Gasteiger partial charge on any atom is 0.170 e. The molecule has 2 N–H and O–H groups in total. The predicted octanol–water partition coefficient (Wildman–Crippen LogP) is 4.80. The molecule has 0 aliphatic carbocycles. The van der Waals surface area contributed by atoms with Crippen molar-refractivity contribution in [3.63, 3.8) is 0 Å². The molecule has 128 valence electrons. The van der Waals surface area contributed by atoms with Gasteiger partial charge in [-0.25, -0.2) is 4.39 Å². The molecule has 0 aliphatic heterocycles.